The molecule has 102 valence electrons. The maximum absolute atomic E-state index is 11.3. The lowest BCUT2D eigenvalue weighted by molar-refractivity contribution is -0.670. The molecule has 0 aliphatic carbocycles. The molecule has 2 rings (SSSR count). The fourth-order valence-corrected chi connectivity index (χ4v) is 3.31. The second-order valence-electron chi connectivity index (χ2n) is 4.75. The van der Waals surface area contributed by atoms with E-state index in [1.807, 2.05) is 28.8 Å². The van der Waals surface area contributed by atoms with Gasteiger partial charge in [-0.25, -0.2) is 4.79 Å². The summed E-state index contributed by atoms with van der Waals surface area (Å²) in [5, 5.41) is 9.74. The number of aryl methyl sites for hydroxylation is 1. The van der Waals surface area contributed by atoms with Crippen molar-refractivity contribution in [2.75, 3.05) is 0 Å². The number of nitrogens with zero attached hydrogens (tertiary/aromatic N) is 1. The first kappa shape index (κ1) is 14.0. The molecule has 19 heavy (non-hydrogen) atoms. The number of carbonyl (C=O) groups is 1. The Morgan fingerprint density at radius 3 is 2.68 bits per heavy atom. The van der Waals surface area contributed by atoms with Crippen molar-refractivity contribution in [1.82, 2.24) is 0 Å². The standard InChI is InChI=1S/C15H19NO2S/c1-2-3-4-5-8-11-16-12-9-6-7-10-13(12)19-14(16)15(17)18/h6-7,9-10H,2-5,8,11H2,1H3/p+1. The highest BCUT2D eigenvalue weighted by Crippen LogP contribution is 2.20. The summed E-state index contributed by atoms with van der Waals surface area (Å²) in [6, 6.07) is 7.91. The fraction of sp³-hybridized carbons (Fsp3) is 0.467. The van der Waals surface area contributed by atoms with Gasteiger partial charge in [0.05, 0.1) is 0 Å². The van der Waals surface area contributed by atoms with Crippen LogP contribution >= 0.6 is 11.3 Å². The third-order valence-corrected chi connectivity index (χ3v) is 4.43. The van der Waals surface area contributed by atoms with Crippen LogP contribution in [0.2, 0.25) is 0 Å². The Balaban J connectivity index is 2.15. The van der Waals surface area contributed by atoms with Crippen molar-refractivity contribution in [2.24, 2.45) is 0 Å². The maximum atomic E-state index is 11.3. The molecule has 0 saturated carbocycles. The number of fused-ring (bicyclic) bond motifs is 1. The van der Waals surface area contributed by atoms with Crippen LogP contribution in [0.4, 0.5) is 0 Å². The normalized spacial score (nSPS) is 11.0. The lowest BCUT2D eigenvalue weighted by Crippen LogP contribution is -2.38. The van der Waals surface area contributed by atoms with Crippen molar-refractivity contribution in [3.63, 3.8) is 0 Å². The van der Waals surface area contributed by atoms with E-state index >= 15 is 0 Å². The number of rotatable bonds is 7. The number of aromatic nitrogens is 1. The third kappa shape index (κ3) is 3.32. The average Bonchev–Trinajstić information content (AvgIpc) is 2.78. The first-order chi connectivity index (χ1) is 9.24. The molecule has 0 bridgehead atoms. The number of para-hydroxylation sites is 1. The second kappa shape index (κ2) is 6.66. The van der Waals surface area contributed by atoms with Gasteiger partial charge in [0, 0.05) is 12.5 Å². The minimum absolute atomic E-state index is 0.441. The van der Waals surface area contributed by atoms with Crippen LogP contribution in [0, 0.1) is 0 Å². The summed E-state index contributed by atoms with van der Waals surface area (Å²) in [6.07, 6.45) is 5.95. The molecule has 1 aromatic heterocycles. The van der Waals surface area contributed by atoms with Gasteiger partial charge in [0.2, 0.25) is 5.52 Å². The van der Waals surface area contributed by atoms with Gasteiger partial charge in [0.15, 0.2) is 6.54 Å². The van der Waals surface area contributed by atoms with Crippen LogP contribution in [0.5, 0.6) is 0 Å². The summed E-state index contributed by atoms with van der Waals surface area (Å²) in [7, 11) is 0. The summed E-state index contributed by atoms with van der Waals surface area (Å²) >= 11 is 1.36. The van der Waals surface area contributed by atoms with Gasteiger partial charge in [0.25, 0.3) is 0 Å². The van der Waals surface area contributed by atoms with Crippen LogP contribution in [-0.4, -0.2) is 11.1 Å². The molecule has 1 heterocycles. The SMILES string of the molecule is CCCCCCC[n+]1c(C(=O)O)sc2ccccc21. The zero-order chi connectivity index (χ0) is 13.7. The smallest absolute Gasteiger partial charge is 0.412 e. The molecule has 1 N–H and O–H groups in total. The van der Waals surface area contributed by atoms with Gasteiger partial charge >= 0.3 is 11.0 Å². The van der Waals surface area contributed by atoms with Crippen LogP contribution in [0.1, 0.15) is 48.8 Å². The monoisotopic (exact) mass is 278 g/mol. The van der Waals surface area contributed by atoms with Gasteiger partial charge in [-0.3, -0.25) is 0 Å². The Bertz CT molecular complexity index is 562. The summed E-state index contributed by atoms with van der Waals surface area (Å²) in [4.78, 5) is 11.3. The van der Waals surface area contributed by atoms with Gasteiger partial charge in [-0.15, -0.1) is 0 Å². The minimum Gasteiger partial charge on any atom is -0.473 e. The van der Waals surface area contributed by atoms with Crippen LogP contribution in [0.25, 0.3) is 10.2 Å². The number of thiazole rings is 1. The van der Waals surface area contributed by atoms with E-state index in [-0.39, 0.29) is 0 Å². The van der Waals surface area contributed by atoms with Crippen molar-refractivity contribution in [3.8, 4) is 0 Å². The molecule has 0 amide bonds. The van der Waals surface area contributed by atoms with E-state index in [4.69, 9.17) is 0 Å². The summed E-state index contributed by atoms with van der Waals surface area (Å²) in [5.41, 5.74) is 1.04. The molecule has 4 heteroatoms. The summed E-state index contributed by atoms with van der Waals surface area (Å²) in [6.45, 7) is 3.00. The number of hydrogen-bond donors (Lipinski definition) is 1. The molecule has 2 aromatic rings. The summed E-state index contributed by atoms with van der Waals surface area (Å²) in [5.74, 6) is -0.824. The number of aromatic carboxylic acids is 1. The highest BCUT2D eigenvalue weighted by Gasteiger charge is 2.25. The average molecular weight is 278 g/mol. The largest absolute Gasteiger partial charge is 0.473 e. The quantitative estimate of drug-likeness (QED) is 0.617. The van der Waals surface area contributed by atoms with E-state index in [1.165, 1.54) is 37.0 Å². The van der Waals surface area contributed by atoms with Crippen molar-refractivity contribution in [3.05, 3.63) is 29.3 Å². The molecule has 0 radical (unpaired) electrons. The molecule has 0 spiro atoms. The van der Waals surface area contributed by atoms with E-state index in [9.17, 15) is 9.90 Å². The highest BCUT2D eigenvalue weighted by molar-refractivity contribution is 7.19. The van der Waals surface area contributed by atoms with Gasteiger partial charge in [-0.1, -0.05) is 49.7 Å². The highest BCUT2D eigenvalue weighted by atomic mass is 32.1. The fourth-order valence-electron chi connectivity index (χ4n) is 2.29. The zero-order valence-electron chi connectivity index (χ0n) is 11.3. The van der Waals surface area contributed by atoms with Crippen LogP contribution < -0.4 is 4.57 Å². The molecule has 0 atom stereocenters. The second-order valence-corrected chi connectivity index (χ2v) is 5.78. The first-order valence-corrected chi connectivity index (χ1v) is 7.70. The topological polar surface area (TPSA) is 41.2 Å². The molecule has 0 aliphatic heterocycles. The maximum Gasteiger partial charge on any atom is 0.412 e. The Kier molecular flexibility index (Phi) is 4.91. The van der Waals surface area contributed by atoms with E-state index in [1.54, 1.807) is 0 Å². The molecule has 3 nitrogen and oxygen atoms in total. The molecule has 0 fully saturated rings. The van der Waals surface area contributed by atoms with E-state index in [0.717, 1.165) is 23.2 Å². The zero-order valence-corrected chi connectivity index (χ0v) is 12.1. The first-order valence-electron chi connectivity index (χ1n) is 6.88. The van der Waals surface area contributed by atoms with Crippen molar-refractivity contribution < 1.29 is 14.5 Å². The number of unbranched alkanes of at least 4 members (excludes halogenated alkanes) is 4. The van der Waals surface area contributed by atoms with Crippen molar-refractivity contribution in [1.29, 1.82) is 0 Å². The number of benzene rings is 1. The Labute approximate surface area is 117 Å². The lowest BCUT2D eigenvalue weighted by Gasteiger charge is -1.98. The molecular weight excluding hydrogens is 258 g/mol. The Morgan fingerprint density at radius 2 is 1.95 bits per heavy atom. The van der Waals surface area contributed by atoms with E-state index < -0.39 is 5.97 Å². The van der Waals surface area contributed by atoms with E-state index in [2.05, 4.69) is 6.92 Å². The molecule has 0 saturated heterocycles. The Morgan fingerprint density at radius 1 is 1.21 bits per heavy atom. The summed E-state index contributed by atoms with van der Waals surface area (Å²) < 4.78 is 3.00. The van der Waals surface area contributed by atoms with Gasteiger partial charge in [-0.05, 0) is 12.5 Å². The molecule has 1 aromatic carbocycles. The number of hydrogen-bond acceptors (Lipinski definition) is 2. The van der Waals surface area contributed by atoms with E-state index in [0.29, 0.717) is 5.01 Å². The molecular formula is C15H20NO2S+. The number of carboxylic acids is 1. The number of carboxylic acid groups (broad SMARTS) is 1. The van der Waals surface area contributed by atoms with Crippen molar-refractivity contribution >= 4 is 27.5 Å². The predicted molar refractivity (Wildman–Crippen MR) is 77.7 cm³/mol. The van der Waals surface area contributed by atoms with Crippen LogP contribution in [0.3, 0.4) is 0 Å². The molecule has 0 unspecified atom stereocenters. The van der Waals surface area contributed by atoms with Gasteiger partial charge in [0.1, 0.15) is 4.70 Å². The Hall–Kier alpha value is -1.42. The minimum atomic E-state index is -0.824. The lowest BCUT2D eigenvalue weighted by atomic mass is 10.1. The predicted octanol–water partition coefficient (Wildman–Crippen LogP) is 3.86. The van der Waals surface area contributed by atoms with Crippen molar-refractivity contribution in [2.45, 2.75) is 45.6 Å². The third-order valence-electron chi connectivity index (χ3n) is 3.28. The molecule has 0 aliphatic rings. The van der Waals surface area contributed by atoms with Crippen LogP contribution in [0.15, 0.2) is 24.3 Å². The van der Waals surface area contributed by atoms with Crippen LogP contribution in [-0.2, 0) is 6.54 Å². The van der Waals surface area contributed by atoms with Gasteiger partial charge < -0.3 is 5.11 Å². The van der Waals surface area contributed by atoms with Gasteiger partial charge in [-0.2, -0.15) is 4.57 Å².